The van der Waals surface area contributed by atoms with Gasteiger partial charge in [0.1, 0.15) is 5.94 Å². The van der Waals surface area contributed by atoms with Crippen molar-refractivity contribution < 1.29 is 18.0 Å². The maximum absolute atomic E-state index is 12.0. The van der Waals surface area contributed by atoms with Gasteiger partial charge >= 0.3 is 6.18 Å². The van der Waals surface area contributed by atoms with Gasteiger partial charge in [-0.3, -0.25) is 0 Å². The summed E-state index contributed by atoms with van der Waals surface area (Å²) in [7, 11) is 0. The average molecular weight is 174 g/mol. The molecular weight excluding hydrogens is 169 g/mol. The van der Waals surface area contributed by atoms with Crippen LogP contribution in [0.15, 0.2) is 29.4 Å². The molecule has 0 atom stereocenters. The minimum absolute atomic E-state index is 0.0322. The molecule has 1 aliphatic carbocycles. The lowest BCUT2D eigenvalue weighted by Gasteiger charge is -2.10. The normalized spacial score (nSPS) is 17.2. The van der Waals surface area contributed by atoms with Crippen molar-refractivity contribution >= 4 is 5.94 Å². The summed E-state index contributed by atoms with van der Waals surface area (Å²) in [5.74, 6) is 1.45. The Kier molecular flexibility index (Phi) is 2.20. The molecule has 12 heavy (non-hydrogen) atoms. The lowest BCUT2D eigenvalue weighted by atomic mass is 10.0. The van der Waals surface area contributed by atoms with E-state index in [1.807, 2.05) is 0 Å². The van der Waals surface area contributed by atoms with Crippen molar-refractivity contribution in [2.45, 2.75) is 12.6 Å². The minimum Gasteiger partial charge on any atom is -0.233 e. The van der Waals surface area contributed by atoms with Crippen LogP contribution in [0.1, 0.15) is 6.42 Å². The zero-order valence-corrected chi connectivity index (χ0v) is 5.98. The van der Waals surface area contributed by atoms with Crippen molar-refractivity contribution in [2.24, 2.45) is 0 Å². The topological polar surface area (TPSA) is 17.1 Å². The molecule has 0 unspecified atom stereocenters. The van der Waals surface area contributed by atoms with Crippen LogP contribution in [0, 0.1) is 0 Å². The van der Waals surface area contributed by atoms with Crippen molar-refractivity contribution in [1.82, 2.24) is 0 Å². The number of rotatable bonds is 0. The average Bonchev–Trinajstić information content (AvgIpc) is 2.03. The number of alkyl halides is 3. The van der Waals surface area contributed by atoms with Crippen LogP contribution in [0.25, 0.3) is 0 Å². The molecule has 1 rings (SSSR count). The molecule has 0 saturated carbocycles. The van der Waals surface area contributed by atoms with E-state index in [9.17, 15) is 18.0 Å². The molecule has 0 N–H and O–H groups in total. The molecule has 0 aromatic rings. The summed E-state index contributed by atoms with van der Waals surface area (Å²) >= 11 is 0. The summed E-state index contributed by atoms with van der Waals surface area (Å²) < 4.78 is 36.0. The van der Waals surface area contributed by atoms with Gasteiger partial charge in [-0.05, 0) is 6.08 Å². The van der Waals surface area contributed by atoms with Crippen molar-refractivity contribution in [1.29, 1.82) is 0 Å². The van der Waals surface area contributed by atoms with E-state index in [1.165, 1.54) is 12.0 Å². The Hall–Kier alpha value is -1.28. The van der Waals surface area contributed by atoms with Crippen LogP contribution in [-0.2, 0) is 4.79 Å². The Morgan fingerprint density at radius 1 is 1.42 bits per heavy atom. The van der Waals surface area contributed by atoms with E-state index in [2.05, 4.69) is 0 Å². The van der Waals surface area contributed by atoms with Crippen LogP contribution in [-0.4, -0.2) is 12.1 Å². The maximum Gasteiger partial charge on any atom is 0.416 e. The number of carbonyl (C=O) groups excluding carboxylic acids is 1. The second kappa shape index (κ2) is 2.99. The molecule has 64 valence electrons. The quantitative estimate of drug-likeness (QED) is 0.514. The van der Waals surface area contributed by atoms with Gasteiger partial charge in [0.25, 0.3) is 0 Å². The Morgan fingerprint density at radius 2 is 2.08 bits per heavy atom. The molecule has 0 saturated heterocycles. The fourth-order valence-electron chi connectivity index (χ4n) is 0.855. The highest BCUT2D eigenvalue weighted by atomic mass is 19.4. The van der Waals surface area contributed by atoms with Gasteiger partial charge in [-0.1, -0.05) is 12.2 Å². The molecule has 4 heteroatoms. The minimum atomic E-state index is -4.38. The van der Waals surface area contributed by atoms with Crippen LogP contribution < -0.4 is 0 Å². The Labute approximate surface area is 66.9 Å². The molecule has 1 aliphatic rings. The van der Waals surface area contributed by atoms with E-state index >= 15 is 0 Å². The third-order valence-corrected chi connectivity index (χ3v) is 1.42. The van der Waals surface area contributed by atoms with Crippen LogP contribution in [0.2, 0.25) is 0 Å². The summed E-state index contributed by atoms with van der Waals surface area (Å²) in [6, 6.07) is 0. The van der Waals surface area contributed by atoms with Crippen LogP contribution in [0.5, 0.6) is 0 Å². The molecule has 0 bridgehead atoms. The number of hydrogen-bond acceptors (Lipinski definition) is 1. The summed E-state index contributed by atoms with van der Waals surface area (Å²) in [5, 5.41) is 0. The standard InChI is InChI=1S/C8H5F3O/c9-8(10,11)7-3-1-2-6(4-7)5-12/h1,3-4H,2H2. The molecule has 0 aromatic carbocycles. The van der Waals surface area contributed by atoms with Gasteiger partial charge in [0, 0.05) is 12.0 Å². The van der Waals surface area contributed by atoms with Crippen molar-refractivity contribution in [3.05, 3.63) is 29.4 Å². The third-order valence-electron chi connectivity index (χ3n) is 1.42. The van der Waals surface area contributed by atoms with Crippen molar-refractivity contribution in [3.8, 4) is 0 Å². The Bertz CT molecular complexity index is 290. The highest BCUT2D eigenvalue weighted by Crippen LogP contribution is 2.30. The molecule has 0 spiro atoms. The lowest BCUT2D eigenvalue weighted by molar-refractivity contribution is -0.0883. The monoisotopic (exact) mass is 174 g/mol. The molecule has 0 radical (unpaired) electrons. The zero-order chi connectivity index (χ0) is 9.19. The van der Waals surface area contributed by atoms with E-state index in [0.717, 1.165) is 12.2 Å². The van der Waals surface area contributed by atoms with Gasteiger partial charge in [0.2, 0.25) is 0 Å². The summed E-state index contributed by atoms with van der Waals surface area (Å²) in [6.45, 7) is 0. The predicted octanol–water partition coefficient (Wildman–Crippen LogP) is 2.19. The number of hydrogen-bond donors (Lipinski definition) is 0. The number of allylic oxidation sites excluding steroid dienone is 5. The maximum atomic E-state index is 12.0. The first kappa shape index (κ1) is 8.81. The summed E-state index contributed by atoms with van der Waals surface area (Å²) in [6.07, 6.45) is -1.08. The van der Waals surface area contributed by atoms with Gasteiger partial charge in [-0.25, -0.2) is 4.79 Å². The third kappa shape index (κ3) is 1.86. The van der Waals surface area contributed by atoms with E-state index < -0.39 is 11.7 Å². The van der Waals surface area contributed by atoms with Gasteiger partial charge in [-0.2, -0.15) is 13.2 Å². The first-order valence-electron chi connectivity index (χ1n) is 3.23. The SMILES string of the molecule is O=C=C1C=C(C(F)(F)F)C=CC1. The van der Waals surface area contributed by atoms with Gasteiger partial charge in [-0.15, -0.1) is 0 Å². The Morgan fingerprint density at radius 3 is 2.58 bits per heavy atom. The van der Waals surface area contributed by atoms with E-state index in [1.54, 1.807) is 0 Å². The number of halogens is 3. The second-order valence-electron chi connectivity index (χ2n) is 2.33. The van der Waals surface area contributed by atoms with Gasteiger partial charge < -0.3 is 0 Å². The zero-order valence-electron chi connectivity index (χ0n) is 5.98. The second-order valence-corrected chi connectivity index (χ2v) is 2.33. The fraction of sp³-hybridized carbons (Fsp3) is 0.250. The summed E-state index contributed by atoms with van der Waals surface area (Å²) in [5.41, 5.74) is -0.767. The van der Waals surface area contributed by atoms with E-state index in [-0.39, 0.29) is 12.0 Å². The molecule has 1 nitrogen and oxygen atoms in total. The fourth-order valence-corrected chi connectivity index (χ4v) is 0.855. The van der Waals surface area contributed by atoms with Crippen molar-refractivity contribution in [2.75, 3.05) is 0 Å². The smallest absolute Gasteiger partial charge is 0.233 e. The van der Waals surface area contributed by atoms with Crippen LogP contribution >= 0.6 is 0 Å². The predicted molar refractivity (Wildman–Crippen MR) is 37.1 cm³/mol. The van der Waals surface area contributed by atoms with Crippen LogP contribution in [0.3, 0.4) is 0 Å². The lowest BCUT2D eigenvalue weighted by Crippen LogP contribution is -2.11. The Balaban J connectivity index is 3.00. The van der Waals surface area contributed by atoms with Gasteiger partial charge in [0.05, 0.1) is 5.57 Å². The molecule has 0 heterocycles. The van der Waals surface area contributed by atoms with Crippen LogP contribution in [0.4, 0.5) is 13.2 Å². The summed E-state index contributed by atoms with van der Waals surface area (Å²) in [4.78, 5) is 10.0. The molecule has 0 fully saturated rings. The highest BCUT2D eigenvalue weighted by molar-refractivity contribution is 5.60. The first-order chi connectivity index (χ1) is 5.54. The van der Waals surface area contributed by atoms with E-state index in [0.29, 0.717) is 0 Å². The first-order valence-corrected chi connectivity index (χ1v) is 3.23. The molecule has 0 aliphatic heterocycles. The molecule has 0 aromatic heterocycles. The molecule has 0 amide bonds. The highest BCUT2D eigenvalue weighted by Gasteiger charge is 2.32. The molecular formula is C8H5F3O. The van der Waals surface area contributed by atoms with Gasteiger partial charge in [0.15, 0.2) is 0 Å². The van der Waals surface area contributed by atoms with Crippen molar-refractivity contribution in [3.63, 3.8) is 0 Å². The largest absolute Gasteiger partial charge is 0.416 e. The van der Waals surface area contributed by atoms with E-state index in [4.69, 9.17) is 0 Å².